The summed E-state index contributed by atoms with van der Waals surface area (Å²) >= 11 is 0. The first-order chi connectivity index (χ1) is 18.0. The molecule has 2 N–H and O–H groups in total. The molecule has 0 bridgehead atoms. The number of fused-ring (bicyclic) bond motifs is 1. The number of nitrogens with zero attached hydrogens (tertiary/aromatic N) is 2. The predicted octanol–water partition coefficient (Wildman–Crippen LogP) is 5.03. The normalized spacial score (nSPS) is 10.9. The number of nitrogens with one attached hydrogen (secondary N) is 1. The number of hydrogen-bond acceptors (Lipinski definition) is 7. The third kappa shape index (κ3) is 9.05. The molecule has 37 heavy (non-hydrogen) atoms. The van der Waals surface area contributed by atoms with E-state index in [0.717, 1.165) is 54.3 Å². The van der Waals surface area contributed by atoms with E-state index in [2.05, 4.69) is 15.0 Å². The number of pyridine rings is 1. The number of rotatable bonds is 12. The Kier molecular flexibility index (Phi) is 10.6. The second-order valence-electron chi connectivity index (χ2n) is 8.38. The van der Waals surface area contributed by atoms with Gasteiger partial charge in [0.05, 0.1) is 18.3 Å². The number of carbonyl (C=O) groups excluding carboxylic acids is 3. The first kappa shape index (κ1) is 27.3. The summed E-state index contributed by atoms with van der Waals surface area (Å²) in [6.45, 7) is 0.365. The van der Waals surface area contributed by atoms with E-state index in [1.165, 1.54) is 12.7 Å². The third-order valence-corrected chi connectivity index (χ3v) is 5.68. The molecule has 1 heterocycles. The van der Waals surface area contributed by atoms with Crippen molar-refractivity contribution in [1.29, 1.82) is 0 Å². The van der Waals surface area contributed by atoms with Crippen LogP contribution in [0.3, 0.4) is 0 Å². The van der Waals surface area contributed by atoms with Gasteiger partial charge in [0.2, 0.25) is 0 Å². The molecular formula is C28H31N3O6. The van der Waals surface area contributed by atoms with Crippen LogP contribution in [0.2, 0.25) is 0 Å². The Balaban J connectivity index is 1.31. The van der Waals surface area contributed by atoms with Crippen LogP contribution in [0.15, 0.2) is 72.9 Å². The summed E-state index contributed by atoms with van der Waals surface area (Å²) in [5.74, 6) is -1.31. The lowest BCUT2D eigenvalue weighted by Crippen LogP contribution is -2.26. The Morgan fingerprint density at radius 2 is 1.70 bits per heavy atom. The van der Waals surface area contributed by atoms with E-state index in [0.29, 0.717) is 17.2 Å². The molecule has 3 aromatic rings. The number of hydrogen-bond donors (Lipinski definition) is 2. The Morgan fingerprint density at radius 1 is 0.946 bits per heavy atom. The minimum absolute atomic E-state index is 0.167. The average molecular weight is 506 g/mol. The van der Waals surface area contributed by atoms with Crippen LogP contribution in [0, 0.1) is 0 Å². The number of unbranched alkanes of at least 4 members (excludes halogenated alkanes) is 3. The molecular weight excluding hydrogens is 474 g/mol. The number of hydroxylamine groups is 2. The maximum absolute atomic E-state index is 12.3. The van der Waals surface area contributed by atoms with Crippen LogP contribution in [-0.2, 0) is 32.1 Å². The topological polar surface area (TPSA) is 118 Å². The SMILES string of the molecule is COC(=O)/C=C/C(=O)N(O)CCCCCCc1ccc(COC(=O)Nc2cccc3ncccc23)cc1. The van der Waals surface area contributed by atoms with Crippen molar-refractivity contribution >= 4 is 34.6 Å². The lowest BCUT2D eigenvalue weighted by atomic mass is 10.0. The van der Waals surface area contributed by atoms with E-state index in [9.17, 15) is 19.6 Å². The minimum atomic E-state index is -0.655. The average Bonchev–Trinajstić information content (AvgIpc) is 2.92. The van der Waals surface area contributed by atoms with Crippen molar-refractivity contribution in [2.75, 3.05) is 19.0 Å². The highest BCUT2D eigenvalue weighted by Gasteiger charge is 2.09. The smallest absolute Gasteiger partial charge is 0.411 e. The summed E-state index contributed by atoms with van der Waals surface area (Å²) in [5.41, 5.74) is 3.53. The first-order valence-corrected chi connectivity index (χ1v) is 12.1. The second-order valence-corrected chi connectivity index (χ2v) is 8.38. The number of carbonyl (C=O) groups is 3. The molecule has 9 heteroatoms. The molecule has 1 aromatic heterocycles. The summed E-state index contributed by atoms with van der Waals surface area (Å²) in [6.07, 6.45) is 7.48. The lowest BCUT2D eigenvalue weighted by molar-refractivity contribution is -0.159. The monoisotopic (exact) mass is 505 g/mol. The molecule has 0 aliphatic carbocycles. The van der Waals surface area contributed by atoms with Gasteiger partial charge in [-0.05, 0) is 54.7 Å². The van der Waals surface area contributed by atoms with Crippen LogP contribution in [0.5, 0.6) is 0 Å². The maximum atomic E-state index is 12.3. The largest absolute Gasteiger partial charge is 0.466 e. The van der Waals surface area contributed by atoms with Gasteiger partial charge in [-0.2, -0.15) is 0 Å². The van der Waals surface area contributed by atoms with Gasteiger partial charge in [-0.3, -0.25) is 20.3 Å². The quantitative estimate of drug-likeness (QED) is 0.116. The molecule has 0 saturated carbocycles. The van der Waals surface area contributed by atoms with Crippen LogP contribution in [0.25, 0.3) is 10.9 Å². The van der Waals surface area contributed by atoms with E-state index in [1.807, 2.05) is 54.6 Å². The van der Waals surface area contributed by atoms with E-state index < -0.39 is 18.0 Å². The van der Waals surface area contributed by atoms with Gasteiger partial charge in [0, 0.05) is 30.3 Å². The molecule has 0 unspecified atom stereocenters. The van der Waals surface area contributed by atoms with Crippen LogP contribution in [0.4, 0.5) is 10.5 Å². The highest BCUT2D eigenvalue weighted by molar-refractivity contribution is 5.98. The molecule has 0 atom stereocenters. The zero-order valence-electron chi connectivity index (χ0n) is 20.8. The van der Waals surface area contributed by atoms with Crippen LogP contribution < -0.4 is 5.32 Å². The molecule has 2 aromatic carbocycles. The Hall–Kier alpha value is -4.24. The highest BCUT2D eigenvalue weighted by Crippen LogP contribution is 2.21. The fraction of sp³-hybridized carbons (Fsp3) is 0.286. The van der Waals surface area contributed by atoms with Gasteiger partial charge in [0.15, 0.2) is 0 Å². The number of aromatic nitrogens is 1. The van der Waals surface area contributed by atoms with E-state index >= 15 is 0 Å². The number of esters is 1. The Labute approximate surface area is 215 Å². The first-order valence-electron chi connectivity index (χ1n) is 12.1. The number of amides is 2. The maximum Gasteiger partial charge on any atom is 0.411 e. The van der Waals surface area contributed by atoms with E-state index in [1.54, 1.807) is 6.20 Å². The van der Waals surface area contributed by atoms with Crippen LogP contribution in [-0.4, -0.2) is 46.9 Å². The fourth-order valence-electron chi connectivity index (χ4n) is 3.66. The molecule has 0 spiro atoms. The van der Waals surface area contributed by atoms with Gasteiger partial charge in [0.25, 0.3) is 5.91 Å². The zero-order chi connectivity index (χ0) is 26.5. The van der Waals surface area contributed by atoms with Crippen LogP contribution >= 0.6 is 0 Å². The molecule has 9 nitrogen and oxygen atoms in total. The van der Waals surface area contributed by atoms with E-state index in [4.69, 9.17) is 4.74 Å². The minimum Gasteiger partial charge on any atom is -0.466 e. The third-order valence-electron chi connectivity index (χ3n) is 5.68. The molecule has 0 aliphatic rings. The summed E-state index contributed by atoms with van der Waals surface area (Å²) in [6, 6.07) is 17.2. The van der Waals surface area contributed by atoms with Crippen molar-refractivity contribution < 1.29 is 29.1 Å². The molecule has 3 rings (SSSR count). The summed E-state index contributed by atoms with van der Waals surface area (Å²) in [5, 5.41) is 13.9. The Bertz CT molecular complexity index is 1220. The van der Waals surface area contributed by atoms with Gasteiger partial charge in [-0.1, -0.05) is 43.2 Å². The van der Waals surface area contributed by atoms with Crippen molar-refractivity contribution in [3.05, 3.63) is 84.1 Å². The Morgan fingerprint density at radius 3 is 2.49 bits per heavy atom. The molecule has 0 fully saturated rings. The number of anilines is 1. The number of ether oxygens (including phenoxy) is 2. The molecule has 0 saturated heterocycles. The number of benzene rings is 2. The fourth-order valence-corrected chi connectivity index (χ4v) is 3.66. The molecule has 0 radical (unpaired) electrons. The second kappa shape index (κ2) is 14.4. The summed E-state index contributed by atoms with van der Waals surface area (Å²) < 4.78 is 9.77. The summed E-state index contributed by atoms with van der Waals surface area (Å²) in [7, 11) is 1.21. The van der Waals surface area contributed by atoms with Crippen molar-refractivity contribution in [1.82, 2.24) is 10.0 Å². The van der Waals surface area contributed by atoms with Gasteiger partial charge >= 0.3 is 12.1 Å². The zero-order valence-corrected chi connectivity index (χ0v) is 20.8. The highest BCUT2D eigenvalue weighted by atomic mass is 16.5. The van der Waals surface area contributed by atoms with Gasteiger partial charge in [0.1, 0.15) is 6.61 Å². The van der Waals surface area contributed by atoms with Crippen LogP contribution in [0.1, 0.15) is 36.8 Å². The van der Waals surface area contributed by atoms with Crippen molar-refractivity contribution in [3.8, 4) is 0 Å². The van der Waals surface area contributed by atoms with E-state index in [-0.39, 0.29) is 13.2 Å². The number of aryl methyl sites for hydroxylation is 1. The van der Waals surface area contributed by atoms with Crippen molar-refractivity contribution in [2.24, 2.45) is 0 Å². The predicted molar refractivity (Wildman–Crippen MR) is 139 cm³/mol. The standard InChI is InChI=1S/C28H31N3O6/c1-36-27(33)17-16-26(32)31(35)19-5-3-2-4-8-21-12-14-22(15-13-21)20-37-28(34)30-25-11-6-10-24-23(25)9-7-18-29-24/h6-7,9-18,35H,2-5,8,19-20H2,1H3,(H,30,34)/b17-16+. The van der Waals surface area contributed by atoms with Gasteiger partial charge < -0.3 is 9.47 Å². The summed E-state index contributed by atoms with van der Waals surface area (Å²) in [4.78, 5) is 39.2. The molecule has 0 aliphatic heterocycles. The number of methoxy groups -OCH3 is 1. The lowest BCUT2D eigenvalue weighted by Gasteiger charge is -2.12. The molecule has 2 amide bonds. The molecule has 194 valence electrons. The van der Waals surface area contributed by atoms with Crippen molar-refractivity contribution in [3.63, 3.8) is 0 Å². The van der Waals surface area contributed by atoms with Gasteiger partial charge in [-0.15, -0.1) is 0 Å². The van der Waals surface area contributed by atoms with Gasteiger partial charge in [-0.25, -0.2) is 14.7 Å². The van der Waals surface area contributed by atoms with Crippen molar-refractivity contribution in [2.45, 2.75) is 38.7 Å².